The van der Waals surface area contributed by atoms with Gasteiger partial charge in [0.1, 0.15) is 11.6 Å². The predicted molar refractivity (Wildman–Crippen MR) is 156 cm³/mol. The summed E-state index contributed by atoms with van der Waals surface area (Å²) in [5, 5.41) is 0.112. The van der Waals surface area contributed by atoms with Gasteiger partial charge < -0.3 is 9.47 Å². The Balaban J connectivity index is 1.40. The van der Waals surface area contributed by atoms with Gasteiger partial charge in [-0.1, -0.05) is 54.9 Å². The summed E-state index contributed by atoms with van der Waals surface area (Å²) >= 11 is 7.44. The summed E-state index contributed by atoms with van der Waals surface area (Å²) < 4.78 is 19.1. The van der Waals surface area contributed by atoms with Crippen molar-refractivity contribution < 1.29 is 9.18 Å². The van der Waals surface area contributed by atoms with E-state index in [1.165, 1.54) is 29.1 Å². The van der Waals surface area contributed by atoms with Crippen LogP contribution in [0.5, 0.6) is 0 Å². The van der Waals surface area contributed by atoms with Gasteiger partial charge in [0, 0.05) is 42.5 Å². The Hall–Kier alpha value is -3.13. The van der Waals surface area contributed by atoms with Crippen LogP contribution in [0.3, 0.4) is 0 Å². The van der Waals surface area contributed by atoms with Crippen molar-refractivity contribution in [3.63, 3.8) is 0 Å². The first-order chi connectivity index (χ1) is 18.9. The van der Waals surface area contributed by atoms with Crippen LogP contribution in [0.4, 0.5) is 10.1 Å². The zero-order chi connectivity index (χ0) is 27.4. The van der Waals surface area contributed by atoms with Gasteiger partial charge in [-0.25, -0.2) is 9.37 Å². The molecule has 202 valence electrons. The van der Waals surface area contributed by atoms with E-state index in [9.17, 15) is 9.18 Å². The summed E-state index contributed by atoms with van der Waals surface area (Å²) in [6.07, 6.45) is 7.09. The Kier molecular flexibility index (Phi) is 8.70. The summed E-state index contributed by atoms with van der Waals surface area (Å²) in [4.78, 5) is 21.0. The normalized spacial score (nSPS) is 15.5. The van der Waals surface area contributed by atoms with Crippen molar-refractivity contribution in [2.45, 2.75) is 56.0 Å². The first-order valence-electron chi connectivity index (χ1n) is 13.2. The highest BCUT2D eigenvalue weighted by atomic mass is 35.5. The largest absolute Gasteiger partial charge is 0.337 e. The van der Waals surface area contributed by atoms with E-state index in [1.54, 1.807) is 18.3 Å². The van der Waals surface area contributed by atoms with Gasteiger partial charge in [0.15, 0.2) is 0 Å². The van der Waals surface area contributed by atoms with E-state index >= 15 is 0 Å². The zero-order valence-corrected chi connectivity index (χ0v) is 23.7. The number of amides is 1. The molecule has 0 aliphatic heterocycles. The standard InChI is InChI=1S/C31H32ClFN4OS/c1-21(22-7-4-3-5-8-22)17-31(38)37(20-30-34-15-16-36(30)2)24-12-11-23-9-6-10-29(26(23)18-24)35-39-25-13-14-28(33)27(32)19-25/h3-5,7-8,11-16,18-19,21,29,35H,6,9-10,17,20H2,1-2H3/t21-,29+/m0/s1. The fourth-order valence-corrected chi connectivity index (χ4v) is 6.12. The molecular formula is C31H32ClFN4OS. The average Bonchev–Trinajstić information content (AvgIpc) is 3.36. The van der Waals surface area contributed by atoms with Crippen molar-refractivity contribution in [2.24, 2.45) is 7.05 Å². The first-order valence-corrected chi connectivity index (χ1v) is 14.4. The fraction of sp³-hybridized carbons (Fsp3) is 0.290. The molecule has 4 aromatic rings. The lowest BCUT2D eigenvalue weighted by Gasteiger charge is -2.30. The number of nitrogens with one attached hydrogen (secondary N) is 1. The van der Waals surface area contributed by atoms with Crippen molar-refractivity contribution in [3.05, 3.63) is 112 Å². The number of aromatic nitrogens is 2. The second-order valence-corrected chi connectivity index (χ2v) is 11.4. The van der Waals surface area contributed by atoms with Gasteiger partial charge in [-0.3, -0.25) is 9.52 Å². The number of hydrogen-bond donors (Lipinski definition) is 1. The minimum Gasteiger partial charge on any atom is -0.337 e. The van der Waals surface area contributed by atoms with Gasteiger partial charge in [0.05, 0.1) is 11.6 Å². The molecule has 5 rings (SSSR count). The average molecular weight is 563 g/mol. The van der Waals surface area contributed by atoms with E-state index in [1.807, 2.05) is 40.9 Å². The summed E-state index contributed by atoms with van der Waals surface area (Å²) in [6.45, 7) is 2.49. The summed E-state index contributed by atoms with van der Waals surface area (Å²) in [6, 6.07) is 21.4. The highest BCUT2D eigenvalue weighted by molar-refractivity contribution is 7.97. The Morgan fingerprint density at radius 3 is 2.77 bits per heavy atom. The maximum absolute atomic E-state index is 13.8. The SMILES string of the molecule is C[C@@H](CC(=O)N(Cc1nccn1C)c1ccc2c(c1)[C@H](NSc1ccc(F)c(Cl)c1)CCC2)c1ccccc1. The van der Waals surface area contributed by atoms with Crippen molar-refractivity contribution in [1.29, 1.82) is 0 Å². The van der Waals surface area contributed by atoms with Crippen LogP contribution < -0.4 is 9.62 Å². The lowest BCUT2D eigenvalue weighted by atomic mass is 9.87. The van der Waals surface area contributed by atoms with Crippen LogP contribution in [0.15, 0.2) is 84.0 Å². The van der Waals surface area contributed by atoms with Gasteiger partial charge in [-0.15, -0.1) is 0 Å². The van der Waals surface area contributed by atoms with Crippen LogP contribution in [-0.2, 0) is 24.8 Å². The molecule has 0 bridgehead atoms. The Labute approximate surface area is 238 Å². The van der Waals surface area contributed by atoms with E-state index < -0.39 is 5.82 Å². The number of halogens is 2. The third kappa shape index (κ3) is 6.55. The van der Waals surface area contributed by atoms with E-state index in [2.05, 4.69) is 47.0 Å². The first kappa shape index (κ1) is 27.4. The number of hydrogen-bond acceptors (Lipinski definition) is 4. The van der Waals surface area contributed by atoms with Crippen molar-refractivity contribution in [3.8, 4) is 0 Å². The predicted octanol–water partition coefficient (Wildman–Crippen LogP) is 7.61. The smallest absolute Gasteiger partial charge is 0.228 e. The van der Waals surface area contributed by atoms with E-state index in [4.69, 9.17) is 11.6 Å². The number of imidazole rings is 1. The molecule has 0 fully saturated rings. The molecule has 0 unspecified atom stereocenters. The number of anilines is 1. The molecule has 0 saturated heterocycles. The molecule has 1 N–H and O–H groups in total. The van der Waals surface area contributed by atoms with Gasteiger partial charge in [-0.2, -0.15) is 0 Å². The number of fused-ring (bicyclic) bond motifs is 1. The van der Waals surface area contributed by atoms with Gasteiger partial charge in [-0.05, 0) is 84.2 Å². The molecule has 0 saturated carbocycles. The van der Waals surface area contributed by atoms with E-state index in [-0.39, 0.29) is 22.9 Å². The summed E-state index contributed by atoms with van der Waals surface area (Å²) in [5.74, 6) is 0.554. The minimum absolute atomic E-state index is 0.0601. The molecule has 39 heavy (non-hydrogen) atoms. The van der Waals surface area contributed by atoms with E-state index in [0.717, 1.165) is 41.2 Å². The molecule has 1 aliphatic carbocycles. The topological polar surface area (TPSA) is 50.2 Å². The van der Waals surface area contributed by atoms with Crippen molar-refractivity contribution in [1.82, 2.24) is 14.3 Å². The summed E-state index contributed by atoms with van der Waals surface area (Å²) in [5.41, 5.74) is 4.48. The van der Waals surface area contributed by atoms with Crippen LogP contribution in [0, 0.1) is 5.82 Å². The van der Waals surface area contributed by atoms with Crippen LogP contribution in [0.25, 0.3) is 0 Å². The zero-order valence-electron chi connectivity index (χ0n) is 22.1. The van der Waals surface area contributed by atoms with Crippen LogP contribution in [-0.4, -0.2) is 15.5 Å². The number of carbonyl (C=O) groups excluding carboxylic acids is 1. The molecule has 1 aromatic heterocycles. The molecule has 1 amide bonds. The second-order valence-electron chi connectivity index (χ2n) is 10.1. The quantitative estimate of drug-likeness (QED) is 0.213. The molecule has 5 nitrogen and oxygen atoms in total. The lowest BCUT2D eigenvalue weighted by molar-refractivity contribution is -0.119. The monoisotopic (exact) mass is 562 g/mol. The van der Waals surface area contributed by atoms with Crippen LogP contribution in [0.2, 0.25) is 5.02 Å². The maximum atomic E-state index is 13.8. The molecule has 0 spiro atoms. The summed E-state index contributed by atoms with van der Waals surface area (Å²) in [7, 11) is 1.95. The third-order valence-corrected chi connectivity index (χ3v) is 8.52. The molecule has 0 radical (unpaired) electrons. The van der Waals surface area contributed by atoms with Crippen LogP contribution >= 0.6 is 23.5 Å². The second kappa shape index (κ2) is 12.4. The third-order valence-electron chi connectivity index (χ3n) is 7.34. The number of aryl methyl sites for hydroxylation is 2. The molecule has 3 aromatic carbocycles. The van der Waals surface area contributed by atoms with Gasteiger partial charge in [0.2, 0.25) is 5.91 Å². The number of benzene rings is 3. The Morgan fingerprint density at radius 2 is 2.03 bits per heavy atom. The fourth-order valence-electron chi connectivity index (χ4n) is 5.04. The Morgan fingerprint density at radius 1 is 1.21 bits per heavy atom. The van der Waals surface area contributed by atoms with Crippen molar-refractivity contribution >= 4 is 35.1 Å². The maximum Gasteiger partial charge on any atom is 0.228 e. The van der Waals surface area contributed by atoms with Crippen LogP contribution in [0.1, 0.15) is 60.7 Å². The number of rotatable bonds is 9. The van der Waals surface area contributed by atoms with Gasteiger partial charge >= 0.3 is 0 Å². The number of carbonyl (C=O) groups is 1. The number of nitrogens with zero attached hydrogens (tertiary/aromatic N) is 3. The minimum atomic E-state index is -0.423. The molecule has 1 aliphatic rings. The van der Waals surface area contributed by atoms with Crippen molar-refractivity contribution in [2.75, 3.05) is 4.90 Å². The molecule has 8 heteroatoms. The molecule has 2 atom stereocenters. The molecular weight excluding hydrogens is 531 g/mol. The molecule has 1 heterocycles. The van der Waals surface area contributed by atoms with E-state index in [0.29, 0.717) is 13.0 Å². The lowest BCUT2D eigenvalue weighted by Crippen LogP contribution is -2.33. The van der Waals surface area contributed by atoms with Gasteiger partial charge in [0.25, 0.3) is 0 Å². The Bertz CT molecular complexity index is 1440. The highest BCUT2D eigenvalue weighted by Gasteiger charge is 2.25. The highest BCUT2D eigenvalue weighted by Crippen LogP contribution is 2.36.